The van der Waals surface area contributed by atoms with Gasteiger partial charge >= 0.3 is 5.97 Å². The van der Waals surface area contributed by atoms with E-state index < -0.39 is 0 Å². The number of imidazole rings is 1. The molecule has 0 unspecified atom stereocenters. The number of pyridine rings is 1. The Kier molecular flexibility index (Phi) is 7.87. The molecule has 9 heteroatoms. The molecule has 1 aliphatic rings. The first-order chi connectivity index (χ1) is 17.4. The minimum Gasteiger partial charge on any atom is -0.487 e. The van der Waals surface area contributed by atoms with Crippen LogP contribution < -0.4 is 4.74 Å². The normalized spacial score (nSPS) is 14.0. The molecule has 0 spiro atoms. The number of likely N-dealkylation sites (N-methyl/N-ethyl adjacent to an activating group) is 1. The molecule has 9 nitrogen and oxygen atoms in total. The van der Waals surface area contributed by atoms with Crippen molar-refractivity contribution in [2.45, 2.75) is 33.3 Å². The molecule has 1 aliphatic heterocycles. The Morgan fingerprint density at radius 3 is 2.50 bits per heavy atom. The van der Waals surface area contributed by atoms with Crippen LogP contribution in [0.1, 0.15) is 41.4 Å². The van der Waals surface area contributed by atoms with Gasteiger partial charge in [-0.1, -0.05) is 6.07 Å². The number of carbonyl (C=O) groups is 3. The van der Waals surface area contributed by atoms with Gasteiger partial charge in [-0.2, -0.15) is 0 Å². The van der Waals surface area contributed by atoms with E-state index in [1.807, 2.05) is 35.9 Å². The second-order valence-electron chi connectivity index (χ2n) is 9.04. The van der Waals surface area contributed by atoms with Crippen molar-refractivity contribution in [2.75, 3.05) is 33.3 Å². The zero-order valence-corrected chi connectivity index (χ0v) is 21.0. The van der Waals surface area contributed by atoms with Gasteiger partial charge in [0.1, 0.15) is 18.0 Å². The molecule has 0 bridgehead atoms. The monoisotopic (exact) mass is 492 g/mol. The zero-order chi connectivity index (χ0) is 25.7. The molecule has 4 rings (SSSR count). The summed E-state index contributed by atoms with van der Waals surface area (Å²) >= 11 is 0. The van der Waals surface area contributed by atoms with E-state index >= 15 is 0 Å². The Labute approximate surface area is 210 Å². The number of aromatic nitrogens is 2. The third-order valence-corrected chi connectivity index (χ3v) is 6.40. The molecule has 36 heavy (non-hydrogen) atoms. The average Bonchev–Trinajstić information content (AvgIpc) is 3.32. The Morgan fingerprint density at radius 1 is 1.11 bits per heavy atom. The average molecular weight is 493 g/mol. The van der Waals surface area contributed by atoms with E-state index in [-0.39, 0.29) is 30.2 Å². The number of ether oxygens (including phenoxy) is 2. The molecule has 1 saturated heterocycles. The van der Waals surface area contributed by atoms with Crippen molar-refractivity contribution in [2.24, 2.45) is 5.92 Å². The molecule has 2 aromatic heterocycles. The Balaban J connectivity index is 1.26. The second-order valence-corrected chi connectivity index (χ2v) is 9.04. The highest BCUT2D eigenvalue weighted by Gasteiger charge is 2.29. The van der Waals surface area contributed by atoms with Crippen LogP contribution in [0, 0.1) is 12.8 Å². The van der Waals surface area contributed by atoms with E-state index in [0.29, 0.717) is 50.5 Å². The summed E-state index contributed by atoms with van der Waals surface area (Å²) in [6.45, 7) is 5.43. The van der Waals surface area contributed by atoms with Crippen molar-refractivity contribution in [3.8, 4) is 5.75 Å². The van der Waals surface area contributed by atoms with Crippen molar-refractivity contribution in [1.82, 2.24) is 19.2 Å². The number of hydrogen-bond donors (Lipinski definition) is 0. The van der Waals surface area contributed by atoms with Gasteiger partial charge in [0.25, 0.3) is 5.91 Å². The Morgan fingerprint density at radius 2 is 1.83 bits per heavy atom. The molecule has 0 aliphatic carbocycles. The zero-order valence-electron chi connectivity index (χ0n) is 21.0. The topological polar surface area (TPSA) is 93.5 Å². The first-order valence-electron chi connectivity index (χ1n) is 12.2. The van der Waals surface area contributed by atoms with Crippen molar-refractivity contribution < 1.29 is 23.9 Å². The predicted octanol–water partition coefficient (Wildman–Crippen LogP) is 3.10. The summed E-state index contributed by atoms with van der Waals surface area (Å²) in [7, 11) is 1.61. The van der Waals surface area contributed by atoms with Gasteiger partial charge in [-0.15, -0.1) is 0 Å². The fourth-order valence-corrected chi connectivity index (χ4v) is 4.34. The third-order valence-electron chi connectivity index (χ3n) is 6.40. The molecule has 0 saturated carbocycles. The SMILES string of the molecule is CCOC(=O)C1CCN(C(=O)CN(C)C(=O)c2ccc(OCc3cn4cccc(C)c4n3)cc2)CC1. The molecule has 0 atom stereocenters. The number of esters is 1. The number of rotatable bonds is 8. The number of hydrogen-bond acceptors (Lipinski definition) is 6. The molecular weight excluding hydrogens is 460 g/mol. The van der Waals surface area contributed by atoms with E-state index in [4.69, 9.17) is 9.47 Å². The molecule has 2 amide bonds. The standard InChI is InChI=1S/C27H32N4O5/c1-4-35-27(34)21-11-14-30(15-12-21)24(32)17-29(3)26(33)20-7-9-23(10-8-20)36-18-22-16-31-13-5-6-19(2)25(31)28-22/h5-10,13,16,21H,4,11-12,14-15,17-18H2,1-3H3. The highest BCUT2D eigenvalue weighted by molar-refractivity contribution is 5.96. The summed E-state index contributed by atoms with van der Waals surface area (Å²) in [5, 5.41) is 0. The van der Waals surface area contributed by atoms with Gasteiger partial charge < -0.3 is 23.7 Å². The number of likely N-dealkylation sites (tertiary alicyclic amines) is 1. The van der Waals surface area contributed by atoms with E-state index in [2.05, 4.69) is 4.98 Å². The maximum absolute atomic E-state index is 12.8. The molecule has 3 heterocycles. The summed E-state index contributed by atoms with van der Waals surface area (Å²) in [6.07, 6.45) is 5.05. The van der Waals surface area contributed by atoms with Crippen LogP contribution in [-0.2, 0) is 20.9 Å². The third kappa shape index (κ3) is 5.84. The predicted molar refractivity (Wildman–Crippen MR) is 134 cm³/mol. The van der Waals surface area contributed by atoms with Crippen LogP contribution in [0.2, 0.25) is 0 Å². The van der Waals surface area contributed by atoms with Gasteiger partial charge in [-0.25, -0.2) is 4.98 Å². The van der Waals surface area contributed by atoms with Gasteiger partial charge in [0.2, 0.25) is 5.91 Å². The summed E-state index contributed by atoms with van der Waals surface area (Å²) in [5.41, 5.74) is 3.28. The summed E-state index contributed by atoms with van der Waals surface area (Å²) < 4.78 is 12.9. The molecule has 0 N–H and O–H groups in total. The molecule has 3 aromatic rings. The molecular formula is C27H32N4O5. The van der Waals surface area contributed by atoms with Crippen molar-refractivity contribution in [3.63, 3.8) is 0 Å². The van der Waals surface area contributed by atoms with Crippen LogP contribution in [0.15, 0.2) is 48.8 Å². The van der Waals surface area contributed by atoms with E-state index in [1.54, 1.807) is 43.1 Å². The van der Waals surface area contributed by atoms with Crippen LogP contribution in [0.5, 0.6) is 5.75 Å². The lowest BCUT2D eigenvalue weighted by Crippen LogP contribution is -2.45. The van der Waals surface area contributed by atoms with Crippen LogP contribution in [0.4, 0.5) is 0 Å². The molecule has 1 aromatic carbocycles. The van der Waals surface area contributed by atoms with E-state index in [0.717, 1.165) is 16.9 Å². The fourth-order valence-electron chi connectivity index (χ4n) is 4.34. The summed E-state index contributed by atoms with van der Waals surface area (Å²) in [4.78, 5) is 45.1. The second kappa shape index (κ2) is 11.2. The van der Waals surface area contributed by atoms with Crippen LogP contribution >= 0.6 is 0 Å². The summed E-state index contributed by atoms with van der Waals surface area (Å²) in [5.74, 6) is -0.102. The van der Waals surface area contributed by atoms with Gasteiger partial charge in [0.05, 0.1) is 24.8 Å². The quantitative estimate of drug-likeness (QED) is 0.449. The smallest absolute Gasteiger partial charge is 0.309 e. The van der Waals surface area contributed by atoms with E-state index in [9.17, 15) is 14.4 Å². The fraction of sp³-hybridized carbons (Fsp3) is 0.407. The molecule has 0 radical (unpaired) electrons. The number of benzene rings is 1. The van der Waals surface area contributed by atoms with Gasteiger partial charge in [-0.05, 0) is 62.6 Å². The highest BCUT2D eigenvalue weighted by atomic mass is 16.5. The minimum absolute atomic E-state index is 0.0194. The maximum Gasteiger partial charge on any atom is 0.309 e. The lowest BCUT2D eigenvalue weighted by atomic mass is 9.97. The maximum atomic E-state index is 12.8. The largest absolute Gasteiger partial charge is 0.487 e. The number of aryl methyl sites for hydroxylation is 1. The molecule has 1 fully saturated rings. The van der Waals surface area contributed by atoms with Gasteiger partial charge in [0, 0.05) is 38.1 Å². The number of amides is 2. The van der Waals surface area contributed by atoms with Crippen molar-refractivity contribution in [3.05, 3.63) is 65.6 Å². The lowest BCUT2D eigenvalue weighted by Gasteiger charge is -2.32. The number of carbonyl (C=O) groups excluding carboxylic acids is 3. The van der Waals surface area contributed by atoms with Crippen LogP contribution in [0.3, 0.4) is 0 Å². The van der Waals surface area contributed by atoms with Crippen molar-refractivity contribution >= 4 is 23.4 Å². The Hall–Kier alpha value is -3.88. The summed E-state index contributed by atoms with van der Waals surface area (Å²) in [6, 6.07) is 10.9. The minimum atomic E-state index is -0.243. The number of fused-ring (bicyclic) bond motifs is 1. The first-order valence-corrected chi connectivity index (χ1v) is 12.2. The van der Waals surface area contributed by atoms with E-state index in [1.165, 1.54) is 4.90 Å². The van der Waals surface area contributed by atoms with Crippen LogP contribution in [-0.4, -0.2) is 70.3 Å². The highest BCUT2D eigenvalue weighted by Crippen LogP contribution is 2.20. The Bertz CT molecular complexity index is 1230. The first kappa shape index (κ1) is 25.2. The van der Waals surface area contributed by atoms with Crippen molar-refractivity contribution in [1.29, 1.82) is 0 Å². The lowest BCUT2D eigenvalue weighted by molar-refractivity contribution is -0.151. The van der Waals surface area contributed by atoms with Gasteiger partial charge in [-0.3, -0.25) is 14.4 Å². The molecule has 190 valence electrons. The number of piperidine rings is 1. The van der Waals surface area contributed by atoms with Crippen LogP contribution in [0.25, 0.3) is 5.65 Å². The van der Waals surface area contributed by atoms with Gasteiger partial charge in [0.15, 0.2) is 0 Å². The number of nitrogens with zero attached hydrogens (tertiary/aromatic N) is 4.